The van der Waals surface area contributed by atoms with Crippen molar-refractivity contribution in [3.8, 4) is 11.5 Å². The average Bonchev–Trinajstić information content (AvgIpc) is 3.36. The molecule has 7 rings (SSSR count). The predicted molar refractivity (Wildman–Crippen MR) is 158 cm³/mol. The first kappa shape index (κ1) is 28.9. The molecule has 1 saturated heterocycles. The number of hydrogen-bond acceptors (Lipinski definition) is 5. The van der Waals surface area contributed by atoms with Gasteiger partial charge in [0.1, 0.15) is 11.7 Å². The highest BCUT2D eigenvalue weighted by Crippen LogP contribution is 2.64. The SMILES string of the molecule is CN(C(=O)CCc1ccc(C(F)(F)F)cc1)C1C=C[C@@]2(O)[C@H]3Cc4ccc(O)c5c4[C@@]2(CCN3CCc2ccccc2)C1O5. The highest BCUT2D eigenvalue weighted by Gasteiger charge is 2.72. The first-order valence-corrected chi connectivity index (χ1v) is 15.2. The molecule has 2 heterocycles. The second kappa shape index (κ2) is 10.4. The van der Waals surface area contributed by atoms with Gasteiger partial charge in [-0.1, -0.05) is 60.7 Å². The number of aryl methyl sites for hydroxylation is 1. The number of ether oxygens (including phenoxy) is 1. The number of alkyl halides is 3. The minimum Gasteiger partial charge on any atom is -0.504 e. The molecular formula is C35H35F3N2O4. The van der Waals surface area contributed by atoms with Crippen LogP contribution in [0.25, 0.3) is 0 Å². The lowest BCUT2D eigenvalue weighted by atomic mass is 9.50. The van der Waals surface area contributed by atoms with Crippen molar-refractivity contribution in [3.63, 3.8) is 0 Å². The van der Waals surface area contributed by atoms with E-state index in [-0.39, 0.29) is 24.1 Å². The van der Waals surface area contributed by atoms with Gasteiger partial charge in [-0.05, 0) is 67.1 Å². The number of likely N-dealkylation sites (N-methyl/N-ethyl adjacent to an activating group) is 1. The zero-order valence-electron chi connectivity index (χ0n) is 24.4. The topological polar surface area (TPSA) is 73.2 Å². The molecular weight excluding hydrogens is 569 g/mol. The smallest absolute Gasteiger partial charge is 0.416 e. The van der Waals surface area contributed by atoms with E-state index in [1.54, 1.807) is 18.0 Å². The van der Waals surface area contributed by atoms with Gasteiger partial charge in [0.25, 0.3) is 0 Å². The summed E-state index contributed by atoms with van der Waals surface area (Å²) < 4.78 is 45.4. The molecule has 2 aliphatic heterocycles. The summed E-state index contributed by atoms with van der Waals surface area (Å²) in [6.45, 7) is 1.53. The molecule has 2 unspecified atom stereocenters. The molecule has 3 aromatic rings. The standard InChI is InChI=1S/C35H35F3N2O4/c1-39(29(42)14-9-23-7-11-25(12-8-23)35(36,37)38)26-15-17-34(43)28-21-24-10-13-27(41)31-30(24)33(34,32(26)44-31)18-20-40(28)19-16-22-5-3-2-4-6-22/h2-8,10-13,15,17,26,28,32,41,43H,9,14,16,18-21H2,1H3/t26?,28-,32?,33+,34-/m1/s1. The molecule has 1 spiro atoms. The van der Waals surface area contributed by atoms with E-state index in [1.807, 2.05) is 36.4 Å². The molecule has 4 aliphatic rings. The highest BCUT2D eigenvalue weighted by molar-refractivity contribution is 5.77. The number of carbonyl (C=O) groups is 1. The fraction of sp³-hybridized carbons (Fsp3) is 0.400. The summed E-state index contributed by atoms with van der Waals surface area (Å²) in [7, 11) is 1.70. The third-order valence-electron chi connectivity index (χ3n) is 10.4. The number of halogens is 3. The molecule has 9 heteroatoms. The van der Waals surface area contributed by atoms with E-state index >= 15 is 0 Å². The fourth-order valence-corrected chi connectivity index (χ4v) is 8.14. The van der Waals surface area contributed by atoms with Crippen molar-refractivity contribution < 1.29 is 32.9 Å². The zero-order valence-corrected chi connectivity index (χ0v) is 24.4. The minimum absolute atomic E-state index is 0.0230. The number of carbonyl (C=O) groups excluding carboxylic acids is 1. The molecule has 0 radical (unpaired) electrons. The van der Waals surface area contributed by atoms with Gasteiger partial charge < -0.3 is 19.8 Å². The average molecular weight is 605 g/mol. The summed E-state index contributed by atoms with van der Waals surface area (Å²) in [5, 5.41) is 23.5. The Morgan fingerprint density at radius 1 is 1.05 bits per heavy atom. The van der Waals surface area contributed by atoms with E-state index < -0.39 is 34.9 Å². The molecule has 2 bridgehead atoms. The van der Waals surface area contributed by atoms with Crippen molar-refractivity contribution in [3.05, 3.63) is 107 Å². The highest BCUT2D eigenvalue weighted by atomic mass is 19.4. The number of nitrogens with zero attached hydrogens (tertiary/aromatic N) is 2. The number of aliphatic hydroxyl groups is 1. The number of benzene rings is 3. The lowest BCUT2D eigenvalue weighted by Gasteiger charge is -2.62. The molecule has 2 N–H and O–H groups in total. The number of amides is 1. The second-order valence-electron chi connectivity index (χ2n) is 12.6. The van der Waals surface area contributed by atoms with Crippen LogP contribution in [-0.2, 0) is 35.6 Å². The third-order valence-corrected chi connectivity index (χ3v) is 10.4. The number of piperidine rings is 1. The van der Waals surface area contributed by atoms with Crippen molar-refractivity contribution in [1.82, 2.24) is 9.80 Å². The van der Waals surface area contributed by atoms with Crippen LogP contribution < -0.4 is 4.74 Å². The van der Waals surface area contributed by atoms with Crippen LogP contribution in [0.3, 0.4) is 0 Å². The number of hydrogen-bond donors (Lipinski definition) is 2. The van der Waals surface area contributed by atoms with Gasteiger partial charge in [0.15, 0.2) is 11.5 Å². The van der Waals surface area contributed by atoms with Crippen LogP contribution >= 0.6 is 0 Å². The Balaban J connectivity index is 1.16. The Labute approximate surface area is 254 Å². The Kier molecular flexibility index (Phi) is 6.82. The van der Waals surface area contributed by atoms with Crippen LogP contribution in [0.4, 0.5) is 13.2 Å². The lowest BCUT2D eigenvalue weighted by Crippen LogP contribution is -2.76. The molecule has 1 amide bonds. The van der Waals surface area contributed by atoms with Crippen LogP contribution in [0, 0.1) is 0 Å². The van der Waals surface area contributed by atoms with Crippen molar-refractivity contribution >= 4 is 5.91 Å². The largest absolute Gasteiger partial charge is 0.504 e. The molecule has 2 aliphatic carbocycles. The van der Waals surface area contributed by atoms with Gasteiger partial charge in [-0.2, -0.15) is 13.2 Å². The van der Waals surface area contributed by atoms with E-state index in [1.165, 1.54) is 17.7 Å². The summed E-state index contributed by atoms with van der Waals surface area (Å²) in [4.78, 5) is 17.5. The number of phenolic OH excluding ortho intramolecular Hbond substituents is 1. The molecule has 3 aromatic carbocycles. The third kappa shape index (κ3) is 4.35. The molecule has 5 atom stereocenters. The monoisotopic (exact) mass is 604 g/mol. The lowest BCUT2D eigenvalue weighted by molar-refractivity contribution is -0.155. The predicted octanol–water partition coefficient (Wildman–Crippen LogP) is 5.04. The summed E-state index contributed by atoms with van der Waals surface area (Å²) in [6.07, 6.45) is 1.17. The maximum Gasteiger partial charge on any atom is 0.416 e. The van der Waals surface area contributed by atoms with Gasteiger partial charge in [-0.15, -0.1) is 0 Å². The number of likely N-dealkylation sites (tertiary alicyclic amines) is 1. The Bertz CT molecular complexity index is 1610. The zero-order chi connectivity index (χ0) is 30.9. The van der Waals surface area contributed by atoms with Gasteiger partial charge >= 0.3 is 6.18 Å². The van der Waals surface area contributed by atoms with E-state index in [0.717, 1.165) is 42.8 Å². The summed E-state index contributed by atoms with van der Waals surface area (Å²) >= 11 is 0. The Morgan fingerprint density at radius 2 is 1.77 bits per heavy atom. The summed E-state index contributed by atoms with van der Waals surface area (Å²) in [5.74, 6) is 0.231. The maximum absolute atomic E-state index is 13.5. The van der Waals surface area contributed by atoms with Crippen molar-refractivity contribution in [2.75, 3.05) is 20.1 Å². The summed E-state index contributed by atoms with van der Waals surface area (Å²) in [6, 6.07) is 18.0. The van der Waals surface area contributed by atoms with Gasteiger partial charge in [-0.3, -0.25) is 9.69 Å². The number of phenols is 1. The first-order valence-electron chi connectivity index (χ1n) is 15.2. The van der Waals surface area contributed by atoms with Gasteiger partial charge in [0, 0.05) is 31.6 Å². The Morgan fingerprint density at radius 3 is 2.50 bits per heavy atom. The van der Waals surface area contributed by atoms with Gasteiger partial charge in [0.2, 0.25) is 5.91 Å². The second-order valence-corrected chi connectivity index (χ2v) is 12.6. The fourth-order valence-electron chi connectivity index (χ4n) is 8.14. The first-order chi connectivity index (χ1) is 21.0. The van der Waals surface area contributed by atoms with Crippen molar-refractivity contribution in [2.45, 2.75) is 67.5 Å². The van der Waals surface area contributed by atoms with E-state index in [4.69, 9.17) is 4.74 Å². The molecule has 44 heavy (non-hydrogen) atoms. The van der Waals surface area contributed by atoms with Gasteiger partial charge in [0.05, 0.1) is 17.0 Å². The number of aromatic hydroxyl groups is 1. The number of rotatable bonds is 7. The van der Waals surface area contributed by atoms with Crippen LogP contribution in [-0.4, -0.2) is 69.8 Å². The molecule has 0 saturated carbocycles. The van der Waals surface area contributed by atoms with Crippen LogP contribution in [0.5, 0.6) is 11.5 Å². The molecule has 0 aromatic heterocycles. The van der Waals surface area contributed by atoms with Crippen molar-refractivity contribution in [2.24, 2.45) is 0 Å². The molecule has 6 nitrogen and oxygen atoms in total. The minimum atomic E-state index is -4.41. The maximum atomic E-state index is 13.5. The Hall–Kier alpha value is -3.82. The normalized spacial score (nSPS) is 28.3. The van der Waals surface area contributed by atoms with E-state index in [0.29, 0.717) is 30.6 Å². The molecule has 230 valence electrons. The van der Waals surface area contributed by atoms with E-state index in [2.05, 4.69) is 17.0 Å². The van der Waals surface area contributed by atoms with E-state index in [9.17, 15) is 28.2 Å². The van der Waals surface area contributed by atoms with Crippen LogP contribution in [0.1, 0.15) is 40.7 Å². The van der Waals surface area contributed by atoms with Crippen LogP contribution in [0.15, 0.2) is 78.9 Å². The van der Waals surface area contributed by atoms with Crippen LogP contribution in [0.2, 0.25) is 0 Å². The van der Waals surface area contributed by atoms with Gasteiger partial charge in [-0.25, -0.2) is 0 Å². The van der Waals surface area contributed by atoms with Crippen molar-refractivity contribution in [1.29, 1.82) is 0 Å². The summed E-state index contributed by atoms with van der Waals surface area (Å²) in [5.41, 5.74) is 0.947. The quantitative estimate of drug-likeness (QED) is 0.370. The molecule has 1 fully saturated rings.